The number of anilines is 2. The molecule has 4 atom stereocenters. The molecule has 14 heteroatoms. The molecule has 4 unspecified atom stereocenters. The van der Waals surface area contributed by atoms with Gasteiger partial charge in [-0.2, -0.15) is 4.99 Å². The van der Waals surface area contributed by atoms with Gasteiger partial charge in [-0.1, -0.05) is 0 Å². The van der Waals surface area contributed by atoms with Gasteiger partial charge in [-0.05, 0) is 48.7 Å². The summed E-state index contributed by atoms with van der Waals surface area (Å²) in [6.45, 7) is 0.567. The van der Waals surface area contributed by atoms with Crippen LogP contribution in [0.2, 0.25) is 0 Å². The van der Waals surface area contributed by atoms with E-state index in [1.165, 1.54) is 17.2 Å². The van der Waals surface area contributed by atoms with E-state index in [1.54, 1.807) is 12.1 Å². The maximum atomic E-state index is 10.3. The summed E-state index contributed by atoms with van der Waals surface area (Å²) in [4.78, 5) is 16.7. The SMILES string of the molecule is OCC1OC(n2cnc3c(NCCNC(=S)Nc4ccc(N=C=S)cc4)ncnc32)C(O)C1O. The highest BCUT2D eigenvalue weighted by Gasteiger charge is 2.44. The number of fused-ring (bicyclic) bond motifs is 1. The van der Waals surface area contributed by atoms with Gasteiger partial charge in [0.2, 0.25) is 0 Å². The summed E-state index contributed by atoms with van der Waals surface area (Å²) < 4.78 is 7.07. The van der Waals surface area contributed by atoms with Crippen molar-refractivity contribution in [3.63, 3.8) is 0 Å². The highest BCUT2D eigenvalue weighted by molar-refractivity contribution is 7.80. The zero-order valence-corrected chi connectivity index (χ0v) is 19.3. The number of benzene rings is 1. The molecule has 1 aliphatic rings. The van der Waals surface area contributed by atoms with Crippen LogP contribution in [0.4, 0.5) is 17.2 Å². The maximum absolute atomic E-state index is 10.3. The molecule has 3 heterocycles. The monoisotopic (exact) mass is 502 g/mol. The Morgan fingerprint density at radius 2 is 1.94 bits per heavy atom. The van der Waals surface area contributed by atoms with Crippen molar-refractivity contribution in [3.05, 3.63) is 36.9 Å². The van der Waals surface area contributed by atoms with E-state index in [-0.39, 0.29) is 0 Å². The maximum Gasteiger partial charge on any atom is 0.170 e. The molecular formula is C20H22N8O4S2. The molecule has 0 saturated carbocycles. The number of aliphatic imine (C=N–C) groups is 1. The number of imidazole rings is 1. The number of hydrogen-bond acceptors (Lipinski definition) is 11. The standard InChI is InChI=1S/C20H22N8O4S2/c29-7-13-15(30)16(31)19(32-13)28-9-25-14-17(23-8-24-18(14)28)21-5-6-22-20(34)27-12-3-1-11(2-4-12)26-10-33/h1-4,8-9,13,15-16,19,29-31H,5-7H2,(H,21,23,24)(H2,22,27,34). The number of ether oxygens (including phenoxy) is 1. The number of thiocarbonyl (C=S) groups is 2. The number of nitrogens with one attached hydrogen (secondary N) is 3. The van der Waals surface area contributed by atoms with Gasteiger partial charge >= 0.3 is 0 Å². The Labute approximate surface area is 204 Å². The highest BCUT2D eigenvalue weighted by Crippen LogP contribution is 2.32. The molecule has 178 valence electrons. The third-order valence-electron chi connectivity index (χ3n) is 5.15. The van der Waals surface area contributed by atoms with E-state index in [1.807, 2.05) is 12.1 Å². The predicted molar refractivity (Wildman–Crippen MR) is 132 cm³/mol. The fourth-order valence-electron chi connectivity index (χ4n) is 3.48. The smallest absolute Gasteiger partial charge is 0.170 e. The summed E-state index contributed by atoms with van der Waals surface area (Å²) in [6, 6.07) is 7.26. The largest absolute Gasteiger partial charge is 0.394 e. The van der Waals surface area contributed by atoms with Crippen molar-refractivity contribution in [3.8, 4) is 0 Å². The number of rotatable bonds is 8. The predicted octanol–water partition coefficient (Wildman–Crippen LogP) is 0.571. The second-order valence-corrected chi connectivity index (χ2v) is 7.92. The summed E-state index contributed by atoms with van der Waals surface area (Å²) in [5.74, 6) is 0.492. The Balaban J connectivity index is 1.33. The molecule has 6 N–H and O–H groups in total. The van der Waals surface area contributed by atoms with Crippen LogP contribution in [-0.4, -0.2) is 83.1 Å². The topological polar surface area (TPSA) is 162 Å². The van der Waals surface area contributed by atoms with Gasteiger partial charge in [0, 0.05) is 18.8 Å². The van der Waals surface area contributed by atoms with Gasteiger partial charge in [0.25, 0.3) is 0 Å². The van der Waals surface area contributed by atoms with Crippen molar-refractivity contribution in [2.45, 2.75) is 24.5 Å². The van der Waals surface area contributed by atoms with E-state index in [4.69, 9.17) is 17.0 Å². The summed E-state index contributed by atoms with van der Waals surface area (Å²) >= 11 is 9.90. The number of aliphatic hydroxyl groups excluding tert-OH is 3. The Bertz CT molecular complexity index is 1200. The molecule has 1 aliphatic heterocycles. The zero-order valence-electron chi connectivity index (χ0n) is 17.7. The molecule has 2 aromatic heterocycles. The molecule has 1 saturated heterocycles. The highest BCUT2D eigenvalue weighted by atomic mass is 32.1. The van der Waals surface area contributed by atoms with Crippen LogP contribution < -0.4 is 16.0 Å². The Morgan fingerprint density at radius 3 is 2.65 bits per heavy atom. The molecule has 1 aromatic carbocycles. The van der Waals surface area contributed by atoms with Gasteiger partial charge in [-0.25, -0.2) is 15.0 Å². The summed E-state index contributed by atoms with van der Waals surface area (Å²) in [5.41, 5.74) is 2.40. The van der Waals surface area contributed by atoms with Crippen LogP contribution in [0.3, 0.4) is 0 Å². The normalized spacial score (nSPS) is 21.7. The molecule has 0 bridgehead atoms. The lowest BCUT2D eigenvalue weighted by Crippen LogP contribution is -2.33. The number of hydrogen-bond donors (Lipinski definition) is 6. The molecule has 1 fully saturated rings. The minimum atomic E-state index is -1.23. The van der Waals surface area contributed by atoms with Crippen molar-refractivity contribution in [2.24, 2.45) is 4.99 Å². The van der Waals surface area contributed by atoms with Crippen molar-refractivity contribution >= 4 is 63.1 Å². The zero-order chi connectivity index (χ0) is 24.1. The van der Waals surface area contributed by atoms with E-state index in [9.17, 15) is 15.3 Å². The first kappa shape index (κ1) is 24.0. The first-order valence-electron chi connectivity index (χ1n) is 10.3. The van der Waals surface area contributed by atoms with Gasteiger partial charge in [-0.3, -0.25) is 4.57 Å². The van der Waals surface area contributed by atoms with Gasteiger partial charge in [-0.15, -0.1) is 0 Å². The number of isothiocyanates is 1. The first-order chi connectivity index (χ1) is 16.5. The lowest BCUT2D eigenvalue weighted by atomic mass is 10.1. The van der Waals surface area contributed by atoms with Crippen LogP contribution in [-0.2, 0) is 4.74 Å². The van der Waals surface area contributed by atoms with E-state index in [2.05, 4.69) is 53.3 Å². The van der Waals surface area contributed by atoms with E-state index < -0.39 is 31.1 Å². The molecular weight excluding hydrogens is 480 g/mol. The van der Waals surface area contributed by atoms with Crippen LogP contribution in [0.1, 0.15) is 6.23 Å². The van der Waals surface area contributed by atoms with Crippen molar-refractivity contribution in [1.29, 1.82) is 0 Å². The third kappa shape index (κ3) is 5.18. The van der Waals surface area contributed by atoms with Crippen LogP contribution >= 0.6 is 24.4 Å². The average molecular weight is 503 g/mol. The minimum absolute atomic E-state index is 0.416. The second-order valence-electron chi connectivity index (χ2n) is 7.33. The molecule has 0 amide bonds. The Hall–Kier alpha value is -3.10. The summed E-state index contributed by atoms with van der Waals surface area (Å²) in [5, 5.41) is 41.7. The lowest BCUT2D eigenvalue weighted by molar-refractivity contribution is -0.0511. The minimum Gasteiger partial charge on any atom is -0.394 e. The first-order valence-corrected chi connectivity index (χ1v) is 11.1. The summed E-state index contributed by atoms with van der Waals surface area (Å²) in [6.07, 6.45) is -1.46. The molecule has 0 radical (unpaired) electrons. The third-order valence-corrected chi connectivity index (χ3v) is 5.49. The van der Waals surface area contributed by atoms with Crippen molar-refractivity contribution < 1.29 is 20.1 Å². The van der Waals surface area contributed by atoms with Crippen LogP contribution in [0, 0.1) is 0 Å². The van der Waals surface area contributed by atoms with Gasteiger partial charge in [0.05, 0.1) is 23.8 Å². The van der Waals surface area contributed by atoms with E-state index in [0.29, 0.717) is 40.9 Å². The second kappa shape index (κ2) is 10.9. The molecule has 3 aromatic rings. The van der Waals surface area contributed by atoms with Crippen molar-refractivity contribution in [2.75, 3.05) is 30.3 Å². The van der Waals surface area contributed by atoms with E-state index >= 15 is 0 Å². The number of aliphatic hydroxyl groups is 3. The molecule has 0 spiro atoms. The average Bonchev–Trinajstić information content (AvgIpc) is 3.39. The Kier molecular flexibility index (Phi) is 7.70. The van der Waals surface area contributed by atoms with E-state index in [0.717, 1.165) is 5.69 Å². The number of nitrogens with zero attached hydrogens (tertiary/aromatic N) is 5. The van der Waals surface area contributed by atoms with Gasteiger partial charge < -0.3 is 36.0 Å². The van der Waals surface area contributed by atoms with Crippen LogP contribution in [0.25, 0.3) is 11.2 Å². The van der Waals surface area contributed by atoms with Crippen LogP contribution in [0.5, 0.6) is 0 Å². The Morgan fingerprint density at radius 1 is 1.15 bits per heavy atom. The molecule has 0 aliphatic carbocycles. The summed E-state index contributed by atoms with van der Waals surface area (Å²) in [7, 11) is 0. The fourth-order valence-corrected chi connectivity index (χ4v) is 3.81. The van der Waals surface area contributed by atoms with Gasteiger partial charge in [0.15, 0.2) is 28.3 Å². The molecule has 4 rings (SSSR count). The van der Waals surface area contributed by atoms with Gasteiger partial charge in [0.1, 0.15) is 24.6 Å². The fraction of sp³-hybridized carbons (Fsp3) is 0.350. The van der Waals surface area contributed by atoms with Crippen LogP contribution in [0.15, 0.2) is 41.9 Å². The van der Waals surface area contributed by atoms with Crippen molar-refractivity contribution in [1.82, 2.24) is 24.8 Å². The lowest BCUT2D eigenvalue weighted by Gasteiger charge is -2.16. The molecule has 12 nitrogen and oxygen atoms in total. The quantitative estimate of drug-likeness (QED) is 0.144. The number of aromatic nitrogens is 4. The molecule has 34 heavy (non-hydrogen) atoms.